The number of amides is 3. The second kappa shape index (κ2) is 6.51. The van der Waals surface area contributed by atoms with E-state index >= 15 is 0 Å². The van der Waals surface area contributed by atoms with E-state index in [1.54, 1.807) is 4.90 Å². The summed E-state index contributed by atoms with van der Waals surface area (Å²) in [4.78, 5) is 26.7. The van der Waals surface area contributed by atoms with Gasteiger partial charge >= 0.3 is 6.03 Å². The van der Waals surface area contributed by atoms with Gasteiger partial charge in [-0.15, -0.1) is 0 Å². The fourth-order valence-corrected chi connectivity index (χ4v) is 2.24. The minimum absolute atomic E-state index is 0.193. The standard InChI is InChI=1S/C14H17F2N3O2/c1-2-17-14(21)19-8-6-18(7-9-19)13(20)12-10(15)4-3-5-11(12)16/h3-5H,2,6-9H2,1H3,(H,17,21). The maximum absolute atomic E-state index is 13.6. The molecule has 0 unspecified atom stereocenters. The third kappa shape index (κ3) is 3.29. The number of hydrogen-bond acceptors (Lipinski definition) is 2. The summed E-state index contributed by atoms with van der Waals surface area (Å²) in [6, 6.07) is 3.14. The molecular formula is C14H17F2N3O2. The molecule has 1 N–H and O–H groups in total. The number of nitrogens with zero attached hydrogens (tertiary/aromatic N) is 2. The molecule has 1 fully saturated rings. The fourth-order valence-electron chi connectivity index (χ4n) is 2.24. The van der Waals surface area contributed by atoms with Crippen molar-refractivity contribution in [2.24, 2.45) is 0 Å². The molecule has 1 aliphatic rings. The monoisotopic (exact) mass is 297 g/mol. The number of halogens is 2. The molecule has 1 saturated heterocycles. The summed E-state index contributed by atoms with van der Waals surface area (Å²) in [5.41, 5.74) is -0.538. The molecular weight excluding hydrogens is 280 g/mol. The lowest BCUT2D eigenvalue weighted by molar-refractivity contribution is 0.0655. The Morgan fingerprint density at radius 3 is 2.14 bits per heavy atom. The topological polar surface area (TPSA) is 52.7 Å². The van der Waals surface area contributed by atoms with Crippen LogP contribution in [0.15, 0.2) is 18.2 Å². The molecule has 0 aliphatic carbocycles. The molecule has 21 heavy (non-hydrogen) atoms. The van der Waals surface area contributed by atoms with Crippen molar-refractivity contribution in [3.8, 4) is 0 Å². The molecule has 5 nitrogen and oxygen atoms in total. The fraction of sp³-hybridized carbons (Fsp3) is 0.429. The van der Waals surface area contributed by atoms with E-state index < -0.39 is 23.1 Å². The molecule has 0 spiro atoms. The summed E-state index contributed by atoms with van der Waals surface area (Å²) < 4.78 is 27.2. The molecule has 3 amide bonds. The van der Waals surface area contributed by atoms with E-state index in [1.165, 1.54) is 11.0 Å². The minimum Gasteiger partial charge on any atom is -0.338 e. The van der Waals surface area contributed by atoms with E-state index in [4.69, 9.17) is 0 Å². The number of carbonyl (C=O) groups excluding carboxylic acids is 2. The number of rotatable bonds is 2. The molecule has 0 atom stereocenters. The SMILES string of the molecule is CCNC(=O)N1CCN(C(=O)c2c(F)cccc2F)CC1. The van der Waals surface area contributed by atoms with Crippen LogP contribution in [-0.4, -0.2) is 54.5 Å². The predicted octanol–water partition coefficient (Wildman–Crippen LogP) is 1.45. The van der Waals surface area contributed by atoms with Gasteiger partial charge in [0, 0.05) is 32.7 Å². The second-order valence-corrected chi connectivity index (χ2v) is 4.71. The van der Waals surface area contributed by atoms with E-state index in [-0.39, 0.29) is 19.1 Å². The van der Waals surface area contributed by atoms with Gasteiger partial charge in [-0.25, -0.2) is 13.6 Å². The van der Waals surface area contributed by atoms with Gasteiger partial charge in [0.05, 0.1) is 0 Å². The Balaban J connectivity index is 2.02. The lowest BCUT2D eigenvalue weighted by Gasteiger charge is -2.34. The van der Waals surface area contributed by atoms with E-state index in [0.717, 1.165) is 12.1 Å². The zero-order chi connectivity index (χ0) is 15.4. The van der Waals surface area contributed by atoms with Crippen LogP contribution in [0.4, 0.5) is 13.6 Å². The van der Waals surface area contributed by atoms with Gasteiger partial charge in [-0.2, -0.15) is 0 Å². The predicted molar refractivity (Wildman–Crippen MR) is 72.9 cm³/mol. The Hall–Kier alpha value is -2.18. The van der Waals surface area contributed by atoms with Crippen molar-refractivity contribution in [2.75, 3.05) is 32.7 Å². The molecule has 0 aromatic heterocycles. The lowest BCUT2D eigenvalue weighted by atomic mass is 10.1. The van der Waals surface area contributed by atoms with Crippen molar-refractivity contribution in [1.82, 2.24) is 15.1 Å². The Kier molecular flexibility index (Phi) is 4.72. The highest BCUT2D eigenvalue weighted by molar-refractivity contribution is 5.95. The third-order valence-electron chi connectivity index (χ3n) is 3.36. The Bertz CT molecular complexity index is 523. The van der Waals surface area contributed by atoms with Crippen molar-refractivity contribution >= 4 is 11.9 Å². The summed E-state index contributed by atoms with van der Waals surface area (Å²) in [7, 11) is 0. The van der Waals surface area contributed by atoms with Crippen LogP contribution >= 0.6 is 0 Å². The second-order valence-electron chi connectivity index (χ2n) is 4.71. The first kappa shape index (κ1) is 15.2. The maximum Gasteiger partial charge on any atom is 0.317 e. The highest BCUT2D eigenvalue weighted by Gasteiger charge is 2.27. The zero-order valence-corrected chi connectivity index (χ0v) is 11.7. The van der Waals surface area contributed by atoms with Crippen molar-refractivity contribution in [2.45, 2.75) is 6.92 Å². The highest BCUT2D eigenvalue weighted by atomic mass is 19.1. The van der Waals surface area contributed by atoms with Gasteiger partial charge in [0.2, 0.25) is 0 Å². The first-order valence-electron chi connectivity index (χ1n) is 6.80. The van der Waals surface area contributed by atoms with Gasteiger partial charge < -0.3 is 15.1 Å². The van der Waals surface area contributed by atoms with Crippen LogP contribution in [0, 0.1) is 11.6 Å². The summed E-state index contributed by atoms with van der Waals surface area (Å²) in [5, 5.41) is 2.67. The minimum atomic E-state index is -0.869. The molecule has 114 valence electrons. The van der Waals surface area contributed by atoms with Gasteiger partial charge in [-0.1, -0.05) is 6.07 Å². The molecule has 0 bridgehead atoms. The lowest BCUT2D eigenvalue weighted by Crippen LogP contribution is -2.53. The van der Waals surface area contributed by atoms with E-state index in [0.29, 0.717) is 19.6 Å². The van der Waals surface area contributed by atoms with E-state index in [9.17, 15) is 18.4 Å². The quantitative estimate of drug-likeness (QED) is 0.898. The first-order chi connectivity index (χ1) is 10.0. The number of urea groups is 1. The normalized spacial score (nSPS) is 15.0. The van der Waals surface area contributed by atoms with Crippen LogP contribution < -0.4 is 5.32 Å². The maximum atomic E-state index is 13.6. The first-order valence-corrected chi connectivity index (χ1v) is 6.80. The third-order valence-corrected chi connectivity index (χ3v) is 3.36. The van der Waals surface area contributed by atoms with Crippen LogP contribution in [0.2, 0.25) is 0 Å². The number of nitrogens with one attached hydrogen (secondary N) is 1. The van der Waals surface area contributed by atoms with Crippen LogP contribution in [0.5, 0.6) is 0 Å². The van der Waals surface area contributed by atoms with Gasteiger partial charge in [-0.05, 0) is 19.1 Å². The van der Waals surface area contributed by atoms with Crippen LogP contribution in [0.1, 0.15) is 17.3 Å². The zero-order valence-electron chi connectivity index (χ0n) is 11.7. The number of piperazine rings is 1. The Morgan fingerprint density at radius 2 is 1.62 bits per heavy atom. The van der Waals surface area contributed by atoms with E-state index in [1.807, 2.05) is 6.92 Å². The van der Waals surface area contributed by atoms with Gasteiger partial charge in [0.25, 0.3) is 5.91 Å². The molecule has 1 aromatic carbocycles. The number of benzene rings is 1. The van der Waals surface area contributed by atoms with Gasteiger partial charge in [0.15, 0.2) is 0 Å². The van der Waals surface area contributed by atoms with Crippen molar-refractivity contribution in [1.29, 1.82) is 0 Å². The molecule has 1 heterocycles. The van der Waals surface area contributed by atoms with E-state index in [2.05, 4.69) is 5.32 Å². The molecule has 1 aliphatic heterocycles. The van der Waals surface area contributed by atoms with Crippen LogP contribution in [-0.2, 0) is 0 Å². The van der Waals surface area contributed by atoms with Crippen molar-refractivity contribution in [3.63, 3.8) is 0 Å². The average Bonchev–Trinajstić information content (AvgIpc) is 2.47. The Morgan fingerprint density at radius 1 is 1.10 bits per heavy atom. The molecule has 0 radical (unpaired) electrons. The summed E-state index contributed by atoms with van der Waals surface area (Å²) in [6.45, 7) is 3.53. The van der Waals surface area contributed by atoms with Gasteiger partial charge in [-0.3, -0.25) is 4.79 Å². The Labute approximate surface area is 121 Å². The molecule has 0 saturated carbocycles. The molecule has 2 rings (SSSR count). The van der Waals surface area contributed by atoms with Crippen LogP contribution in [0.3, 0.4) is 0 Å². The molecule has 7 heteroatoms. The van der Waals surface area contributed by atoms with Crippen LogP contribution in [0.25, 0.3) is 0 Å². The number of carbonyl (C=O) groups is 2. The number of hydrogen-bond donors (Lipinski definition) is 1. The summed E-state index contributed by atoms with van der Waals surface area (Å²) >= 11 is 0. The summed E-state index contributed by atoms with van der Waals surface area (Å²) in [5.74, 6) is -2.42. The van der Waals surface area contributed by atoms with Crippen molar-refractivity contribution < 1.29 is 18.4 Å². The van der Waals surface area contributed by atoms with Gasteiger partial charge in [0.1, 0.15) is 17.2 Å². The average molecular weight is 297 g/mol. The molecule has 1 aromatic rings. The smallest absolute Gasteiger partial charge is 0.317 e. The largest absolute Gasteiger partial charge is 0.338 e. The highest BCUT2D eigenvalue weighted by Crippen LogP contribution is 2.16. The summed E-state index contributed by atoms with van der Waals surface area (Å²) in [6.07, 6.45) is 0. The van der Waals surface area contributed by atoms with Crippen molar-refractivity contribution in [3.05, 3.63) is 35.4 Å².